The average molecular weight is 555 g/mol. The zero-order chi connectivity index (χ0) is 27.9. The molecule has 4 rings (SSSR count). The predicted molar refractivity (Wildman–Crippen MR) is 150 cm³/mol. The molecule has 0 fully saturated rings. The maximum Gasteiger partial charge on any atom is 0.323 e. The Hall–Kier alpha value is -3.99. The predicted octanol–water partition coefficient (Wildman–Crippen LogP) is 4.62. The number of anilines is 3. The molecule has 1 aliphatic heterocycles. The van der Waals surface area contributed by atoms with Gasteiger partial charge in [0, 0.05) is 24.8 Å². The van der Waals surface area contributed by atoms with Gasteiger partial charge in [0.1, 0.15) is 24.2 Å². The van der Waals surface area contributed by atoms with E-state index in [0.717, 1.165) is 16.7 Å². The van der Waals surface area contributed by atoms with E-state index in [4.69, 9.17) is 26.2 Å². The molecule has 0 aliphatic carbocycles. The molecule has 11 heteroatoms. The fraction of sp³-hybridized carbons (Fsp3) is 0.286. The molecule has 1 aliphatic rings. The number of aryl methyl sites for hydroxylation is 1. The molecule has 0 spiro atoms. The molecule has 4 amide bonds. The normalized spacial score (nSPS) is 13.2. The number of ether oxygens (including phenoxy) is 2. The Balaban J connectivity index is 1.33. The van der Waals surface area contributed by atoms with Gasteiger partial charge in [0.2, 0.25) is 0 Å². The minimum absolute atomic E-state index is 0.0743. The fourth-order valence-electron chi connectivity index (χ4n) is 4.13. The molecule has 1 heterocycles. The summed E-state index contributed by atoms with van der Waals surface area (Å²) in [5.41, 5.74) is 4.69. The van der Waals surface area contributed by atoms with Crippen LogP contribution in [0.5, 0.6) is 11.5 Å². The van der Waals surface area contributed by atoms with Crippen molar-refractivity contribution in [2.45, 2.75) is 26.0 Å². The van der Waals surface area contributed by atoms with Gasteiger partial charge in [0.15, 0.2) is 0 Å². The van der Waals surface area contributed by atoms with Gasteiger partial charge in [-0.05, 0) is 66.4 Å². The van der Waals surface area contributed by atoms with Gasteiger partial charge in [-0.2, -0.15) is 0 Å². The standard InChI is InChI=1S/C28H31ClN4O6/c1-17-3-8-26(38-2)25(11-17)31-27(36)30-20-5-4-19-14-33(10-9-18(19)12-20)28(37)32-24-7-6-22(13-23(24)29)39-16-21(35)15-34/h3-8,11-13,21,34-35H,9-10,14-16H2,1-2H3,(H,32,37)(H2,30,31,36). The molecule has 0 saturated heterocycles. The van der Waals surface area contributed by atoms with Crippen molar-refractivity contribution >= 4 is 40.7 Å². The summed E-state index contributed by atoms with van der Waals surface area (Å²) in [5, 5.41) is 27.1. The second kappa shape index (κ2) is 12.7. The largest absolute Gasteiger partial charge is 0.495 e. The number of carbonyl (C=O) groups is 2. The molecule has 3 aromatic rings. The summed E-state index contributed by atoms with van der Waals surface area (Å²) >= 11 is 6.31. The quantitative estimate of drug-likeness (QED) is 0.276. The van der Waals surface area contributed by atoms with Crippen molar-refractivity contribution < 1.29 is 29.3 Å². The number of benzene rings is 3. The van der Waals surface area contributed by atoms with Crippen LogP contribution in [0.15, 0.2) is 54.6 Å². The molecule has 0 radical (unpaired) electrons. The van der Waals surface area contributed by atoms with E-state index >= 15 is 0 Å². The molecule has 39 heavy (non-hydrogen) atoms. The first-order valence-electron chi connectivity index (χ1n) is 12.4. The monoisotopic (exact) mass is 554 g/mol. The second-order valence-corrected chi connectivity index (χ2v) is 9.56. The Morgan fingerprint density at radius 3 is 2.59 bits per heavy atom. The molecule has 0 aromatic heterocycles. The lowest BCUT2D eigenvalue weighted by Crippen LogP contribution is -2.39. The zero-order valence-corrected chi connectivity index (χ0v) is 22.4. The van der Waals surface area contributed by atoms with Crippen LogP contribution < -0.4 is 25.4 Å². The van der Waals surface area contributed by atoms with Gasteiger partial charge in [-0.15, -0.1) is 0 Å². The fourth-order valence-corrected chi connectivity index (χ4v) is 4.35. The molecule has 1 unspecified atom stereocenters. The minimum atomic E-state index is -0.989. The number of amides is 4. The van der Waals surface area contributed by atoms with Crippen LogP contribution in [0, 0.1) is 6.92 Å². The first-order chi connectivity index (χ1) is 18.7. The summed E-state index contributed by atoms with van der Waals surface area (Å²) < 4.78 is 10.7. The third kappa shape index (κ3) is 7.32. The van der Waals surface area contributed by atoms with Gasteiger partial charge in [0.05, 0.1) is 30.1 Å². The van der Waals surface area contributed by atoms with Crippen LogP contribution in [0.3, 0.4) is 0 Å². The van der Waals surface area contributed by atoms with Crippen molar-refractivity contribution in [2.75, 3.05) is 42.8 Å². The number of urea groups is 2. The highest BCUT2D eigenvalue weighted by Gasteiger charge is 2.22. The molecule has 0 saturated carbocycles. The summed E-state index contributed by atoms with van der Waals surface area (Å²) in [6, 6.07) is 15.3. The average Bonchev–Trinajstić information content (AvgIpc) is 2.92. The number of halogens is 1. The molecule has 3 aromatic carbocycles. The van der Waals surface area contributed by atoms with Crippen molar-refractivity contribution in [3.05, 3.63) is 76.3 Å². The van der Waals surface area contributed by atoms with E-state index in [2.05, 4.69) is 16.0 Å². The highest BCUT2D eigenvalue weighted by molar-refractivity contribution is 6.33. The topological polar surface area (TPSA) is 132 Å². The molecule has 206 valence electrons. The highest BCUT2D eigenvalue weighted by Crippen LogP contribution is 2.29. The van der Waals surface area contributed by atoms with Crippen LogP contribution in [0.1, 0.15) is 16.7 Å². The van der Waals surface area contributed by atoms with E-state index in [1.807, 2.05) is 31.2 Å². The van der Waals surface area contributed by atoms with Crippen molar-refractivity contribution in [3.8, 4) is 11.5 Å². The van der Waals surface area contributed by atoms with E-state index in [1.165, 1.54) is 6.07 Å². The number of hydrogen-bond acceptors (Lipinski definition) is 6. The van der Waals surface area contributed by atoms with Crippen LogP contribution in [0.4, 0.5) is 26.7 Å². The lowest BCUT2D eigenvalue weighted by molar-refractivity contribution is 0.0536. The number of nitrogens with one attached hydrogen (secondary N) is 3. The Bertz CT molecular complexity index is 1350. The Kier molecular flexibility index (Phi) is 9.13. The van der Waals surface area contributed by atoms with E-state index in [1.54, 1.807) is 36.3 Å². The van der Waals surface area contributed by atoms with Crippen LogP contribution in [0.25, 0.3) is 0 Å². The maximum atomic E-state index is 12.9. The van der Waals surface area contributed by atoms with Crippen molar-refractivity contribution in [1.29, 1.82) is 0 Å². The Labute approximate surface area is 231 Å². The first kappa shape index (κ1) is 28.0. The Morgan fingerprint density at radius 2 is 1.85 bits per heavy atom. The first-order valence-corrected chi connectivity index (χ1v) is 12.7. The molecule has 5 N–H and O–H groups in total. The van der Waals surface area contributed by atoms with E-state index in [0.29, 0.717) is 48.1 Å². The summed E-state index contributed by atoms with van der Waals surface area (Å²) in [7, 11) is 1.55. The molecular weight excluding hydrogens is 524 g/mol. The van der Waals surface area contributed by atoms with Gasteiger partial charge in [0.25, 0.3) is 0 Å². The number of aliphatic hydroxyl groups is 2. The molecule has 1 atom stereocenters. The number of rotatable bonds is 8. The number of methoxy groups -OCH3 is 1. The lowest BCUT2D eigenvalue weighted by Gasteiger charge is -2.29. The zero-order valence-electron chi connectivity index (χ0n) is 21.7. The van der Waals surface area contributed by atoms with Crippen molar-refractivity contribution in [2.24, 2.45) is 0 Å². The second-order valence-electron chi connectivity index (χ2n) is 9.16. The Morgan fingerprint density at radius 1 is 1.03 bits per heavy atom. The van der Waals surface area contributed by atoms with Gasteiger partial charge < -0.3 is 40.5 Å². The number of fused-ring (bicyclic) bond motifs is 1. The van der Waals surface area contributed by atoms with Gasteiger partial charge in [-0.3, -0.25) is 0 Å². The molecular formula is C28H31ClN4O6. The molecule has 0 bridgehead atoms. The number of aliphatic hydroxyl groups excluding tert-OH is 2. The highest BCUT2D eigenvalue weighted by atomic mass is 35.5. The van der Waals surface area contributed by atoms with Crippen LogP contribution in [-0.2, 0) is 13.0 Å². The molecule has 10 nitrogen and oxygen atoms in total. The van der Waals surface area contributed by atoms with Gasteiger partial charge in [-0.25, -0.2) is 9.59 Å². The third-order valence-electron chi connectivity index (χ3n) is 6.20. The van der Waals surface area contributed by atoms with E-state index in [9.17, 15) is 14.7 Å². The summed E-state index contributed by atoms with van der Waals surface area (Å²) in [5.74, 6) is 0.983. The van der Waals surface area contributed by atoms with Crippen molar-refractivity contribution in [1.82, 2.24) is 4.90 Å². The lowest BCUT2D eigenvalue weighted by atomic mass is 9.99. The summed E-state index contributed by atoms with van der Waals surface area (Å²) in [6.45, 7) is 2.36. The SMILES string of the molecule is COc1ccc(C)cc1NC(=O)Nc1ccc2c(c1)CCN(C(=O)Nc1ccc(OCC(O)CO)cc1Cl)C2. The number of hydrogen-bond donors (Lipinski definition) is 5. The van der Waals surface area contributed by atoms with E-state index in [-0.39, 0.29) is 23.7 Å². The van der Waals surface area contributed by atoms with Crippen LogP contribution >= 0.6 is 11.6 Å². The van der Waals surface area contributed by atoms with Crippen LogP contribution in [0.2, 0.25) is 5.02 Å². The van der Waals surface area contributed by atoms with Gasteiger partial charge in [-0.1, -0.05) is 23.7 Å². The maximum absolute atomic E-state index is 12.9. The third-order valence-corrected chi connectivity index (χ3v) is 6.51. The van der Waals surface area contributed by atoms with E-state index < -0.39 is 12.7 Å². The number of nitrogens with zero attached hydrogens (tertiary/aromatic N) is 1. The number of carbonyl (C=O) groups excluding carboxylic acids is 2. The summed E-state index contributed by atoms with van der Waals surface area (Å²) in [4.78, 5) is 27.2. The smallest absolute Gasteiger partial charge is 0.323 e. The summed E-state index contributed by atoms with van der Waals surface area (Å²) in [6.07, 6.45) is -0.365. The van der Waals surface area contributed by atoms with Crippen molar-refractivity contribution in [3.63, 3.8) is 0 Å². The van der Waals surface area contributed by atoms with Gasteiger partial charge >= 0.3 is 12.1 Å². The van der Waals surface area contributed by atoms with Crippen LogP contribution in [-0.4, -0.2) is 60.1 Å². The minimum Gasteiger partial charge on any atom is -0.495 e.